The lowest BCUT2D eigenvalue weighted by atomic mass is 10.1. The molecule has 0 aliphatic heterocycles. The maximum atomic E-state index is 13.0. The van der Waals surface area contributed by atoms with Gasteiger partial charge in [-0.2, -0.15) is 0 Å². The van der Waals surface area contributed by atoms with E-state index in [0.717, 1.165) is 22.3 Å². The SMILES string of the molecule is Cc1cccc(CNC(=O)c2ccc(C)c(S(=O)(=O)Nc3cc(C)ccc3C)c2)c1. The molecule has 0 aliphatic carbocycles. The van der Waals surface area contributed by atoms with Crippen molar-refractivity contribution in [3.05, 3.63) is 94.0 Å². The average molecular weight is 423 g/mol. The van der Waals surface area contributed by atoms with Crippen molar-refractivity contribution in [2.45, 2.75) is 39.1 Å². The first-order chi connectivity index (χ1) is 14.2. The molecule has 5 nitrogen and oxygen atoms in total. The van der Waals surface area contributed by atoms with E-state index in [0.29, 0.717) is 23.4 Å². The highest BCUT2D eigenvalue weighted by Gasteiger charge is 2.20. The number of amides is 1. The molecule has 0 fully saturated rings. The second-order valence-corrected chi connectivity index (χ2v) is 9.23. The standard InChI is InChI=1S/C24H26N2O3S/c1-16-6-5-7-20(12-16)15-25-24(27)21-11-10-19(4)23(14-21)30(28,29)26-22-13-17(2)8-9-18(22)3/h5-14,26H,15H2,1-4H3,(H,25,27). The zero-order valence-corrected chi connectivity index (χ0v) is 18.4. The van der Waals surface area contributed by atoms with Gasteiger partial charge in [-0.1, -0.05) is 48.0 Å². The van der Waals surface area contributed by atoms with Crippen molar-refractivity contribution in [2.24, 2.45) is 0 Å². The predicted octanol–water partition coefficient (Wildman–Crippen LogP) is 4.65. The number of hydrogen-bond donors (Lipinski definition) is 2. The summed E-state index contributed by atoms with van der Waals surface area (Å²) in [5, 5.41) is 2.85. The summed E-state index contributed by atoms with van der Waals surface area (Å²) in [5.74, 6) is -0.320. The normalized spacial score (nSPS) is 11.2. The summed E-state index contributed by atoms with van der Waals surface area (Å²) in [6.07, 6.45) is 0. The molecule has 3 rings (SSSR count). The van der Waals surface area contributed by atoms with Gasteiger partial charge in [0.2, 0.25) is 0 Å². The van der Waals surface area contributed by atoms with Crippen LogP contribution >= 0.6 is 0 Å². The molecule has 1 amide bonds. The first-order valence-corrected chi connectivity index (χ1v) is 11.2. The maximum absolute atomic E-state index is 13.0. The van der Waals surface area contributed by atoms with Gasteiger partial charge in [0.15, 0.2) is 0 Å². The number of anilines is 1. The summed E-state index contributed by atoms with van der Waals surface area (Å²) in [4.78, 5) is 12.7. The Morgan fingerprint density at radius 2 is 1.53 bits per heavy atom. The zero-order valence-electron chi connectivity index (χ0n) is 17.6. The Hall–Kier alpha value is -3.12. The monoisotopic (exact) mass is 422 g/mol. The summed E-state index contributed by atoms with van der Waals surface area (Å²) in [7, 11) is -3.84. The molecular formula is C24H26N2O3S. The third kappa shape index (κ3) is 5.07. The van der Waals surface area contributed by atoms with Crippen LogP contribution in [0.5, 0.6) is 0 Å². The van der Waals surface area contributed by atoms with E-state index in [1.807, 2.05) is 57.2 Å². The van der Waals surface area contributed by atoms with Gasteiger partial charge >= 0.3 is 0 Å². The molecule has 3 aromatic carbocycles. The third-order valence-electron chi connectivity index (χ3n) is 4.91. The molecule has 0 bridgehead atoms. The number of carbonyl (C=O) groups excluding carboxylic acids is 1. The lowest BCUT2D eigenvalue weighted by molar-refractivity contribution is 0.0950. The third-order valence-corrected chi connectivity index (χ3v) is 6.42. The molecule has 2 N–H and O–H groups in total. The molecule has 6 heteroatoms. The summed E-state index contributed by atoms with van der Waals surface area (Å²) >= 11 is 0. The fraction of sp³-hybridized carbons (Fsp3) is 0.208. The Balaban J connectivity index is 1.83. The molecule has 0 saturated carbocycles. The van der Waals surface area contributed by atoms with Crippen LogP contribution in [0, 0.1) is 27.7 Å². The van der Waals surface area contributed by atoms with Crippen LogP contribution in [-0.2, 0) is 16.6 Å². The topological polar surface area (TPSA) is 75.3 Å². The van der Waals surface area contributed by atoms with Gasteiger partial charge in [0.1, 0.15) is 0 Å². The van der Waals surface area contributed by atoms with Gasteiger partial charge in [-0.3, -0.25) is 9.52 Å². The zero-order chi connectivity index (χ0) is 21.9. The molecule has 0 spiro atoms. The van der Waals surface area contributed by atoms with E-state index in [1.165, 1.54) is 6.07 Å². The van der Waals surface area contributed by atoms with Crippen molar-refractivity contribution in [3.8, 4) is 0 Å². The lowest BCUT2D eigenvalue weighted by Crippen LogP contribution is -2.23. The average Bonchev–Trinajstić information content (AvgIpc) is 2.69. The highest BCUT2D eigenvalue weighted by molar-refractivity contribution is 7.92. The van der Waals surface area contributed by atoms with Crippen molar-refractivity contribution in [2.75, 3.05) is 4.72 Å². The number of benzene rings is 3. The number of sulfonamides is 1. The van der Waals surface area contributed by atoms with Crippen molar-refractivity contribution in [3.63, 3.8) is 0 Å². The first kappa shape index (κ1) is 21.6. The van der Waals surface area contributed by atoms with Crippen LogP contribution in [0.15, 0.2) is 65.6 Å². The first-order valence-electron chi connectivity index (χ1n) is 9.70. The summed E-state index contributed by atoms with van der Waals surface area (Å²) in [6, 6.07) is 18.2. The van der Waals surface area contributed by atoms with E-state index in [1.54, 1.807) is 25.1 Å². The van der Waals surface area contributed by atoms with Gasteiger partial charge in [-0.25, -0.2) is 8.42 Å². The minimum atomic E-state index is -3.84. The van der Waals surface area contributed by atoms with Crippen molar-refractivity contribution >= 4 is 21.6 Å². The highest BCUT2D eigenvalue weighted by Crippen LogP contribution is 2.24. The molecule has 156 valence electrons. The van der Waals surface area contributed by atoms with E-state index >= 15 is 0 Å². The van der Waals surface area contributed by atoms with Gasteiger partial charge in [0.05, 0.1) is 10.6 Å². The van der Waals surface area contributed by atoms with Gasteiger partial charge in [-0.05, 0) is 68.1 Å². The largest absolute Gasteiger partial charge is 0.348 e. The van der Waals surface area contributed by atoms with Crippen molar-refractivity contribution in [1.29, 1.82) is 0 Å². The lowest BCUT2D eigenvalue weighted by Gasteiger charge is -2.14. The van der Waals surface area contributed by atoms with Gasteiger partial charge in [-0.15, -0.1) is 0 Å². The van der Waals surface area contributed by atoms with Crippen LogP contribution in [0.2, 0.25) is 0 Å². The molecular weight excluding hydrogens is 396 g/mol. The Labute approximate surface area is 178 Å². The molecule has 0 aliphatic rings. The Bertz CT molecular complexity index is 1200. The molecule has 0 radical (unpaired) electrons. The van der Waals surface area contributed by atoms with E-state index in [4.69, 9.17) is 0 Å². The van der Waals surface area contributed by atoms with E-state index in [9.17, 15) is 13.2 Å². The fourth-order valence-electron chi connectivity index (χ4n) is 3.18. The Morgan fingerprint density at radius 1 is 0.833 bits per heavy atom. The second-order valence-electron chi connectivity index (χ2n) is 7.58. The maximum Gasteiger partial charge on any atom is 0.262 e. The molecule has 0 atom stereocenters. The summed E-state index contributed by atoms with van der Waals surface area (Å²) < 4.78 is 28.7. The van der Waals surface area contributed by atoms with Crippen LogP contribution in [0.3, 0.4) is 0 Å². The molecule has 3 aromatic rings. The van der Waals surface area contributed by atoms with Crippen LogP contribution in [0.25, 0.3) is 0 Å². The van der Waals surface area contributed by atoms with Gasteiger partial charge in [0, 0.05) is 12.1 Å². The second kappa shape index (κ2) is 8.71. The van der Waals surface area contributed by atoms with Crippen LogP contribution in [0.4, 0.5) is 5.69 Å². The van der Waals surface area contributed by atoms with E-state index in [2.05, 4.69) is 10.0 Å². The molecule has 0 heterocycles. The summed E-state index contributed by atoms with van der Waals surface area (Å²) in [6.45, 7) is 7.83. The number of carbonyl (C=O) groups is 1. The minimum absolute atomic E-state index is 0.0895. The fourth-order valence-corrected chi connectivity index (χ4v) is 4.58. The molecule has 0 aromatic heterocycles. The quantitative estimate of drug-likeness (QED) is 0.607. The van der Waals surface area contributed by atoms with Crippen molar-refractivity contribution < 1.29 is 13.2 Å². The van der Waals surface area contributed by atoms with Gasteiger partial charge < -0.3 is 5.32 Å². The van der Waals surface area contributed by atoms with Crippen LogP contribution in [-0.4, -0.2) is 14.3 Å². The smallest absolute Gasteiger partial charge is 0.262 e. The number of hydrogen-bond acceptors (Lipinski definition) is 3. The number of rotatable bonds is 6. The molecule has 0 unspecified atom stereocenters. The number of nitrogens with one attached hydrogen (secondary N) is 2. The highest BCUT2D eigenvalue weighted by atomic mass is 32.2. The Kier molecular flexibility index (Phi) is 6.27. The molecule has 30 heavy (non-hydrogen) atoms. The van der Waals surface area contributed by atoms with Gasteiger partial charge in [0.25, 0.3) is 15.9 Å². The van der Waals surface area contributed by atoms with Crippen molar-refractivity contribution in [1.82, 2.24) is 5.32 Å². The van der Waals surface area contributed by atoms with E-state index in [-0.39, 0.29) is 10.8 Å². The summed E-state index contributed by atoms with van der Waals surface area (Å²) in [5.41, 5.74) is 5.29. The predicted molar refractivity (Wildman–Crippen MR) is 120 cm³/mol. The van der Waals surface area contributed by atoms with Crippen LogP contribution < -0.4 is 10.0 Å². The minimum Gasteiger partial charge on any atom is -0.348 e. The van der Waals surface area contributed by atoms with Crippen LogP contribution in [0.1, 0.15) is 38.2 Å². The number of aryl methyl sites for hydroxylation is 4. The Morgan fingerprint density at radius 3 is 2.27 bits per heavy atom. The van der Waals surface area contributed by atoms with E-state index < -0.39 is 10.0 Å². The molecule has 0 saturated heterocycles.